The van der Waals surface area contributed by atoms with Gasteiger partial charge >= 0.3 is 11.8 Å². The molecule has 1 aliphatic heterocycles. The molecule has 2 heterocycles. The lowest BCUT2D eigenvalue weighted by Gasteiger charge is -2.35. The van der Waals surface area contributed by atoms with Gasteiger partial charge in [0, 0.05) is 32.4 Å². The van der Waals surface area contributed by atoms with Crippen LogP contribution in [0.25, 0.3) is 0 Å². The van der Waals surface area contributed by atoms with Crippen LogP contribution in [0.2, 0.25) is 0 Å². The van der Waals surface area contributed by atoms with Crippen LogP contribution < -0.4 is 10.2 Å². The minimum atomic E-state index is -0.553. The molecule has 1 N–H and O–H groups in total. The fourth-order valence-corrected chi connectivity index (χ4v) is 2.91. The van der Waals surface area contributed by atoms with Gasteiger partial charge in [0.2, 0.25) is 0 Å². The zero-order chi connectivity index (χ0) is 17.6. The average molecular weight is 338 g/mol. The topological polar surface area (TPSA) is 65.5 Å². The Bertz CT molecular complexity index is 713. The number of hydrogen-bond acceptors (Lipinski definition) is 4. The van der Waals surface area contributed by atoms with Gasteiger partial charge in [-0.05, 0) is 24.6 Å². The molecule has 1 aromatic carbocycles. The number of carbonyl (C=O) groups is 2. The van der Waals surface area contributed by atoms with E-state index in [0.29, 0.717) is 26.2 Å². The third kappa shape index (κ3) is 4.15. The van der Waals surface area contributed by atoms with E-state index in [1.807, 2.05) is 55.5 Å². The normalized spacial score (nSPS) is 15.6. The van der Waals surface area contributed by atoms with E-state index in [0.717, 1.165) is 11.4 Å². The highest BCUT2D eigenvalue weighted by Gasteiger charge is 2.27. The zero-order valence-electron chi connectivity index (χ0n) is 14.3. The Kier molecular flexibility index (Phi) is 5.28. The number of rotatable bonds is 3. The average Bonchev–Trinajstić information content (AvgIpc) is 2.69. The lowest BCUT2D eigenvalue weighted by atomic mass is 10.1. The number of pyridine rings is 1. The van der Waals surface area contributed by atoms with Gasteiger partial charge < -0.3 is 15.1 Å². The maximum absolute atomic E-state index is 12.4. The first kappa shape index (κ1) is 17.0. The quantitative estimate of drug-likeness (QED) is 0.864. The molecule has 0 saturated carbocycles. The largest absolute Gasteiger partial charge is 0.353 e. The van der Waals surface area contributed by atoms with Gasteiger partial charge in [-0.3, -0.25) is 9.59 Å². The Morgan fingerprint density at radius 3 is 2.32 bits per heavy atom. The minimum Gasteiger partial charge on any atom is -0.353 e. The second-order valence-electron chi connectivity index (χ2n) is 6.07. The van der Waals surface area contributed by atoms with Gasteiger partial charge in [-0.1, -0.05) is 36.4 Å². The van der Waals surface area contributed by atoms with Crippen molar-refractivity contribution in [3.8, 4) is 0 Å². The monoisotopic (exact) mass is 338 g/mol. The van der Waals surface area contributed by atoms with Gasteiger partial charge in [-0.15, -0.1) is 0 Å². The van der Waals surface area contributed by atoms with Crippen LogP contribution >= 0.6 is 0 Å². The molecule has 3 rings (SSSR count). The van der Waals surface area contributed by atoms with Crippen LogP contribution in [0.15, 0.2) is 54.7 Å². The Balaban J connectivity index is 1.53. The highest BCUT2D eigenvalue weighted by Crippen LogP contribution is 2.14. The fraction of sp³-hybridized carbons (Fsp3) is 0.316. The number of amides is 2. The Hall–Kier alpha value is -2.89. The smallest absolute Gasteiger partial charge is 0.312 e. The molecule has 1 aliphatic rings. The summed E-state index contributed by atoms with van der Waals surface area (Å²) in [5.74, 6) is -0.122. The molecule has 1 aromatic heterocycles. The third-order valence-corrected chi connectivity index (χ3v) is 4.38. The molecule has 1 unspecified atom stereocenters. The second kappa shape index (κ2) is 7.79. The SMILES string of the molecule is CC(NC(=O)C(=O)N1CCN(c2ccccn2)CC1)c1ccccc1. The molecule has 6 heteroatoms. The molecule has 130 valence electrons. The predicted octanol–water partition coefficient (Wildman–Crippen LogP) is 1.61. The van der Waals surface area contributed by atoms with Crippen LogP contribution in [-0.4, -0.2) is 47.9 Å². The van der Waals surface area contributed by atoms with Crippen molar-refractivity contribution in [2.45, 2.75) is 13.0 Å². The summed E-state index contributed by atoms with van der Waals surface area (Å²) in [7, 11) is 0. The molecular formula is C19H22N4O2. The summed E-state index contributed by atoms with van der Waals surface area (Å²) in [5, 5.41) is 2.78. The van der Waals surface area contributed by atoms with E-state index in [9.17, 15) is 9.59 Å². The van der Waals surface area contributed by atoms with Gasteiger partial charge in [0.1, 0.15) is 5.82 Å². The highest BCUT2D eigenvalue weighted by molar-refractivity contribution is 6.35. The van der Waals surface area contributed by atoms with Crippen molar-refractivity contribution in [2.24, 2.45) is 0 Å². The first-order chi connectivity index (χ1) is 12.1. The minimum absolute atomic E-state index is 0.201. The molecule has 2 amide bonds. The first-order valence-electron chi connectivity index (χ1n) is 8.46. The van der Waals surface area contributed by atoms with Crippen LogP contribution in [0.5, 0.6) is 0 Å². The van der Waals surface area contributed by atoms with Crippen molar-refractivity contribution in [3.05, 3.63) is 60.3 Å². The van der Waals surface area contributed by atoms with Gasteiger partial charge in [0.25, 0.3) is 0 Å². The summed E-state index contributed by atoms with van der Waals surface area (Å²) in [6.45, 7) is 4.25. The van der Waals surface area contributed by atoms with E-state index in [1.165, 1.54) is 0 Å². The molecule has 6 nitrogen and oxygen atoms in total. The lowest BCUT2D eigenvalue weighted by molar-refractivity contribution is -0.146. The van der Waals surface area contributed by atoms with Gasteiger partial charge in [0.05, 0.1) is 6.04 Å². The summed E-state index contributed by atoms with van der Waals surface area (Å²) < 4.78 is 0. The van der Waals surface area contributed by atoms with Crippen molar-refractivity contribution >= 4 is 17.6 Å². The second-order valence-corrected chi connectivity index (χ2v) is 6.07. The molecule has 1 fully saturated rings. The maximum atomic E-state index is 12.4. The summed E-state index contributed by atoms with van der Waals surface area (Å²) in [6.07, 6.45) is 1.76. The molecule has 1 atom stereocenters. The number of piperazine rings is 1. The molecular weight excluding hydrogens is 316 g/mol. The predicted molar refractivity (Wildman–Crippen MR) is 96.0 cm³/mol. The molecule has 0 radical (unpaired) electrons. The first-order valence-corrected chi connectivity index (χ1v) is 8.46. The van der Waals surface area contributed by atoms with E-state index >= 15 is 0 Å². The van der Waals surface area contributed by atoms with Crippen molar-refractivity contribution in [2.75, 3.05) is 31.1 Å². The van der Waals surface area contributed by atoms with E-state index in [4.69, 9.17) is 0 Å². The Morgan fingerprint density at radius 1 is 1.00 bits per heavy atom. The lowest BCUT2D eigenvalue weighted by Crippen LogP contribution is -2.53. The Labute approximate surface area is 147 Å². The van der Waals surface area contributed by atoms with Gasteiger partial charge in [-0.25, -0.2) is 4.98 Å². The van der Waals surface area contributed by atoms with E-state index in [2.05, 4.69) is 15.2 Å². The number of nitrogens with one attached hydrogen (secondary N) is 1. The summed E-state index contributed by atoms with van der Waals surface area (Å²) in [5.41, 5.74) is 0.976. The summed E-state index contributed by atoms with van der Waals surface area (Å²) in [4.78, 5) is 32.7. The van der Waals surface area contributed by atoms with Crippen LogP contribution in [0.1, 0.15) is 18.5 Å². The van der Waals surface area contributed by atoms with Crippen molar-refractivity contribution in [1.29, 1.82) is 0 Å². The summed E-state index contributed by atoms with van der Waals surface area (Å²) >= 11 is 0. The van der Waals surface area contributed by atoms with Crippen LogP contribution in [-0.2, 0) is 9.59 Å². The highest BCUT2D eigenvalue weighted by atomic mass is 16.2. The van der Waals surface area contributed by atoms with Crippen molar-refractivity contribution in [3.63, 3.8) is 0 Å². The standard InChI is InChI=1S/C19H22N4O2/c1-15(16-7-3-2-4-8-16)21-18(24)19(25)23-13-11-22(12-14-23)17-9-5-6-10-20-17/h2-10,15H,11-14H2,1H3,(H,21,24). The van der Waals surface area contributed by atoms with Crippen LogP contribution in [0, 0.1) is 0 Å². The molecule has 25 heavy (non-hydrogen) atoms. The van der Waals surface area contributed by atoms with Crippen molar-refractivity contribution in [1.82, 2.24) is 15.2 Å². The van der Waals surface area contributed by atoms with Crippen LogP contribution in [0.3, 0.4) is 0 Å². The fourth-order valence-electron chi connectivity index (χ4n) is 2.91. The number of benzene rings is 1. The third-order valence-electron chi connectivity index (χ3n) is 4.38. The number of aromatic nitrogens is 1. The molecule has 0 bridgehead atoms. The van der Waals surface area contributed by atoms with E-state index < -0.39 is 11.8 Å². The molecule has 1 saturated heterocycles. The van der Waals surface area contributed by atoms with E-state index in [-0.39, 0.29) is 6.04 Å². The Morgan fingerprint density at radius 2 is 1.68 bits per heavy atom. The van der Waals surface area contributed by atoms with Crippen molar-refractivity contribution < 1.29 is 9.59 Å². The number of anilines is 1. The number of nitrogens with zero attached hydrogens (tertiary/aromatic N) is 3. The van der Waals surface area contributed by atoms with E-state index in [1.54, 1.807) is 11.1 Å². The summed E-state index contributed by atoms with van der Waals surface area (Å²) in [6, 6.07) is 15.2. The zero-order valence-corrected chi connectivity index (χ0v) is 14.3. The van der Waals surface area contributed by atoms with Gasteiger partial charge in [-0.2, -0.15) is 0 Å². The number of carbonyl (C=O) groups excluding carboxylic acids is 2. The maximum Gasteiger partial charge on any atom is 0.312 e. The van der Waals surface area contributed by atoms with Gasteiger partial charge in [0.15, 0.2) is 0 Å². The molecule has 0 aliphatic carbocycles. The van der Waals surface area contributed by atoms with Crippen LogP contribution in [0.4, 0.5) is 5.82 Å². The number of hydrogen-bond donors (Lipinski definition) is 1. The molecule has 0 spiro atoms. The molecule has 2 aromatic rings.